The minimum atomic E-state index is -1.59. The maximum absolute atomic E-state index is 6.54. The monoisotopic (exact) mass is 644 g/mol. The summed E-state index contributed by atoms with van der Waals surface area (Å²) >= 11 is 0. The highest BCUT2D eigenvalue weighted by Crippen LogP contribution is 2.23. The molecule has 0 aliphatic heterocycles. The van der Waals surface area contributed by atoms with Crippen LogP contribution in [0.25, 0.3) is 0 Å². The fraction of sp³-hybridized carbons (Fsp3) is 0.571. The van der Waals surface area contributed by atoms with Gasteiger partial charge in [-0.1, -0.05) is 182 Å². The van der Waals surface area contributed by atoms with Gasteiger partial charge in [-0.3, -0.25) is 0 Å². The molecule has 1 unspecified atom stereocenters. The van der Waals surface area contributed by atoms with Crippen molar-refractivity contribution in [2.45, 2.75) is 129 Å². The first-order valence-corrected chi connectivity index (χ1v) is 20.3. The summed E-state index contributed by atoms with van der Waals surface area (Å²) in [6.07, 6.45) is 24.4. The molecule has 3 rings (SSSR count). The fourth-order valence-corrected chi connectivity index (χ4v) is 8.74. The third-order valence-electron chi connectivity index (χ3n) is 9.31. The Morgan fingerprint density at radius 1 is 0.522 bits per heavy atom. The molecule has 0 aliphatic rings. The second-order valence-corrected chi connectivity index (χ2v) is 15.6. The molecule has 3 aromatic carbocycles. The van der Waals surface area contributed by atoms with Crippen molar-refractivity contribution >= 4 is 19.4 Å². The lowest BCUT2D eigenvalue weighted by Crippen LogP contribution is -2.45. The van der Waals surface area contributed by atoms with Gasteiger partial charge in [-0.15, -0.1) is 0 Å². The van der Waals surface area contributed by atoms with Gasteiger partial charge in [0.05, 0.1) is 13.7 Å². The van der Waals surface area contributed by atoms with Crippen molar-refractivity contribution in [2.75, 3.05) is 20.3 Å². The molecule has 4 heteroatoms. The van der Waals surface area contributed by atoms with Crippen molar-refractivity contribution in [1.29, 1.82) is 0 Å². The van der Waals surface area contributed by atoms with Crippen LogP contribution in [0.3, 0.4) is 0 Å². The van der Waals surface area contributed by atoms with E-state index in [1.807, 2.05) is 12.1 Å². The Bertz CT molecular complexity index is 1050. The molecule has 0 radical (unpaired) electrons. The highest BCUT2D eigenvalue weighted by molar-refractivity contribution is 6.80. The van der Waals surface area contributed by atoms with E-state index >= 15 is 0 Å². The number of benzene rings is 3. The average molecular weight is 645 g/mol. The van der Waals surface area contributed by atoms with Crippen LogP contribution < -0.4 is 15.1 Å². The summed E-state index contributed by atoms with van der Waals surface area (Å²) in [7, 11) is 0.121. The van der Waals surface area contributed by atoms with Crippen molar-refractivity contribution in [1.82, 2.24) is 0 Å². The van der Waals surface area contributed by atoms with E-state index in [1.165, 1.54) is 132 Å². The lowest BCUT2D eigenvalue weighted by Gasteiger charge is -2.17. The highest BCUT2D eigenvalue weighted by atomic mass is 28.3. The Hall–Kier alpha value is -2.40. The van der Waals surface area contributed by atoms with Crippen LogP contribution in [0, 0.1) is 5.92 Å². The number of ether oxygens (including phenoxy) is 2. The standard InChI is InChI=1S/C42H64O3Si/c1-3-4-5-6-9-12-17-24-38(34-36-44-37-39-30-32-40(43-2)33-31-39)25-18-13-10-7-8-11-14-23-35-45-46(41-26-19-15-20-27-41)42-28-21-16-22-29-42/h15-16,19-22,26-33,38,46H,3-14,17-18,23-25,34-37H2,1-2H3. The zero-order valence-electron chi connectivity index (χ0n) is 29.3. The van der Waals surface area contributed by atoms with Crippen LogP contribution in [0.5, 0.6) is 5.75 Å². The molecule has 0 aliphatic carbocycles. The lowest BCUT2D eigenvalue weighted by molar-refractivity contribution is 0.104. The number of unbranched alkanes of at least 4 members (excludes halogenated alkanes) is 13. The van der Waals surface area contributed by atoms with Crippen molar-refractivity contribution in [3.05, 3.63) is 90.5 Å². The molecule has 46 heavy (non-hydrogen) atoms. The number of hydrogen-bond acceptors (Lipinski definition) is 3. The molecule has 0 aromatic heterocycles. The Labute approximate surface area is 284 Å². The summed E-state index contributed by atoms with van der Waals surface area (Å²) in [5.41, 5.74) is 1.22. The number of rotatable bonds is 28. The minimum absolute atomic E-state index is 0.697. The summed E-state index contributed by atoms with van der Waals surface area (Å²) in [6.45, 7) is 4.75. The molecule has 0 spiro atoms. The van der Waals surface area contributed by atoms with Crippen LogP contribution in [-0.2, 0) is 15.8 Å². The summed E-state index contributed by atoms with van der Waals surface area (Å²) in [6, 6.07) is 29.9. The smallest absolute Gasteiger partial charge is 0.239 e. The van der Waals surface area contributed by atoms with E-state index in [1.54, 1.807) is 7.11 Å². The quantitative estimate of drug-likeness (QED) is 0.0581. The Morgan fingerprint density at radius 3 is 1.54 bits per heavy atom. The molecule has 0 amide bonds. The Kier molecular flexibility index (Phi) is 21.2. The Balaban J connectivity index is 1.24. The lowest BCUT2D eigenvalue weighted by atomic mass is 9.91. The first-order valence-electron chi connectivity index (χ1n) is 18.7. The first-order chi connectivity index (χ1) is 22.8. The summed E-state index contributed by atoms with van der Waals surface area (Å²) < 4.78 is 17.9. The second kappa shape index (κ2) is 25.7. The first kappa shape index (κ1) is 38.0. The summed E-state index contributed by atoms with van der Waals surface area (Å²) in [5, 5.41) is 2.75. The maximum atomic E-state index is 6.54. The van der Waals surface area contributed by atoms with Gasteiger partial charge in [0, 0.05) is 13.2 Å². The van der Waals surface area contributed by atoms with Gasteiger partial charge in [0.2, 0.25) is 9.04 Å². The third kappa shape index (κ3) is 17.0. The number of methoxy groups -OCH3 is 1. The molecule has 3 nitrogen and oxygen atoms in total. The summed E-state index contributed by atoms with van der Waals surface area (Å²) in [4.78, 5) is 0. The van der Waals surface area contributed by atoms with Crippen LogP contribution >= 0.6 is 0 Å². The fourth-order valence-electron chi connectivity index (χ4n) is 6.42. The molecular formula is C42H64O3Si. The van der Waals surface area contributed by atoms with E-state index in [0.717, 1.165) is 24.9 Å². The van der Waals surface area contributed by atoms with E-state index in [-0.39, 0.29) is 0 Å². The predicted octanol–water partition coefficient (Wildman–Crippen LogP) is 10.4. The van der Waals surface area contributed by atoms with Gasteiger partial charge < -0.3 is 13.9 Å². The molecule has 0 saturated heterocycles. The molecule has 0 saturated carbocycles. The van der Waals surface area contributed by atoms with Crippen molar-refractivity contribution in [3.63, 3.8) is 0 Å². The van der Waals surface area contributed by atoms with E-state index in [0.29, 0.717) is 6.61 Å². The zero-order chi connectivity index (χ0) is 32.3. The third-order valence-corrected chi connectivity index (χ3v) is 11.9. The normalized spacial score (nSPS) is 12.1. The zero-order valence-corrected chi connectivity index (χ0v) is 30.5. The van der Waals surface area contributed by atoms with Crippen LogP contribution in [-0.4, -0.2) is 29.4 Å². The van der Waals surface area contributed by atoms with Crippen LogP contribution in [0.2, 0.25) is 0 Å². The Morgan fingerprint density at radius 2 is 1.02 bits per heavy atom. The largest absolute Gasteiger partial charge is 0.497 e. The van der Waals surface area contributed by atoms with Gasteiger partial charge >= 0.3 is 0 Å². The molecule has 1 atom stereocenters. The van der Waals surface area contributed by atoms with Gasteiger partial charge in [0.15, 0.2) is 0 Å². The molecule has 254 valence electrons. The van der Waals surface area contributed by atoms with Crippen molar-refractivity contribution < 1.29 is 13.9 Å². The van der Waals surface area contributed by atoms with Crippen molar-refractivity contribution in [3.8, 4) is 5.75 Å². The van der Waals surface area contributed by atoms with Gasteiger partial charge in [-0.05, 0) is 46.8 Å². The molecule has 0 bridgehead atoms. The van der Waals surface area contributed by atoms with E-state index in [4.69, 9.17) is 13.9 Å². The minimum Gasteiger partial charge on any atom is -0.497 e. The van der Waals surface area contributed by atoms with Crippen LogP contribution in [0.4, 0.5) is 0 Å². The van der Waals surface area contributed by atoms with Crippen molar-refractivity contribution in [2.24, 2.45) is 5.92 Å². The van der Waals surface area contributed by atoms with E-state index < -0.39 is 9.04 Å². The maximum Gasteiger partial charge on any atom is 0.239 e. The average Bonchev–Trinajstić information content (AvgIpc) is 3.10. The SMILES string of the molecule is CCCCCCCCCC(CCCCCCCCCCO[SiH](c1ccccc1)c1ccccc1)CCOCc1ccc(OC)cc1. The molecule has 0 fully saturated rings. The van der Waals surface area contributed by atoms with Gasteiger partial charge in [0.1, 0.15) is 5.75 Å². The van der Waals surface area contributed by atoms with Gasteiger partial charge in [-0.25, -0.2) is 0 Å². The van der Waals surface area contributed by atoms with E-state index in [9.17, 15) is 0 Å². The predicted molar refractivity (Wildman–Crippen MR) is 200 cm³/mol. The number of hydrogen-bond donors (Lipinski definition) is 0. The highest BCUT2D eigenvalue weighted by Gasteiger charge is 2.17. The summed E-state index contributed by atoms with van der Waals surface area (Å²) in [5.74, 6) is 1.71. The second-order valence-electron chi connectivity index (χ2n) is 13.2. The molecule has 3 aromatic rings. The van der Waals surface area contributed by atoms with Gasteiger partial charge in [-0.2, -0.15) is 0 Å². The van der Waals surface area contributed by atoms with Crippen LogP contribution in [0.1, 0.15) is 128 Å². The van der Waals surface area contributed by atoms with E-state index in [2.05, 4.69) is 79.7 Å². The molecular weight excluding hydrogens is 581 g/mol. The van der Waals surface area contributed by atoms with Crippen LogP contribution in [0.15, 0.2) is 84.9 Å². The topological polar surface area (TPSA) is 27.7 Å². The molecule has 0 heterocycles. The van der Waals surface area contributed by atoms with Gasteiger partial charge in [0.25, 0.3) is 0 Å². The molecule has 0 N–H and O–H groups in total.